The van der Waals surface area contributed by atoms with E-state index in [0.717, 1.165) is 11.1 Å². The predicted molar refractivity (Wildman–Crippen MR) is 87.8 cm³/mol. The highest BCUT2D eigenvalue weighted by atomic mass is 35.5. The first-order chi connectivity index (χ1) is 9.74. The van der Waals surface area contributed by atoms with Gasteiger partial charge in [-0.15, -0.1) is 0 Å². The number of hydrogen-bond donors (Lipinski definition) is 0. The summed E-state index contributed by atoms with van der Waals surface area (Å²) in [7, 11) is 0. The maximum Gasteiger partial charge on any atom is 0.0585 e. The lowest BCUT2D eigenvalue weighted by Crippen LogP contribution is -1.90. The largest absolute Gasteiger partial charge is 0.291 e. The molecule has 0 atom stereocenters. The van der Waals surface area contributed by atoms with Crippen molar-refractivity contribution in [3.63, 3.8) is 0 Å². The van der Waals surface area contributed by atoms with Gasteiger partial charge in [0.2, 0.25) is 0 Å². The van der Waals surface area contributed by atoms with E-state index in [2.05, 4.69) is 9.98 Å². The summed E-state index contributed by atoms with van der Waals surface area (Å²) in [5.41, 5.74) is 1.99. The van der Waals surface area contributed by atoms with E-state index in [4.69, 9.17) is 23.2 Å². The second kappa shape index (κ2) is 7.83. The van der Waals surface area contributed by atoms with Crippen LogP contribution in [0, 0.1) is 0 Å². The standard InChI is InChI=1S/C16H14Cl2N2/c17-15-5-1-3-13(9-15)11-19-7-8-20-12-14-4-2-6-16(18)10-14/h1-6,9-12H,7-8H2. The summed E-state index contributed by atoms with van der Waals surface area (Å²) in [6, 6.07) is 15.2. The maximum absolute atomic E-state index is 5.89. The molecule has 0 heterocycles. The van der Waals surface area contributed by atoms with Crippen LogP contribution < -0.4 is 0 Å². The fourth-order valence-corrected chi connectivity index (χ4v) is 2.03. The third-order valence-electron chi connectivity index (χ3n) is 2.54. The summed E-state index contributed by atoms with van der Waals surface area (Å²) in [5, 5.41) is 1.43. The molecule has 4 heteroatoms. The van der Waals surface area contributed by atoms with Crippen LogP contribution in [-0.2, 0) is 0 Å². The molecule has 2 aromatic rings. The molecule has 0 bridgehead atoms. The van der Waals surface area contributed by atoms with Gasteiger partial charge in [0.05, 0.1) is 13.1 Å². The van der Waals surface area contributed by atoms with Gasteiger partial charge in [-0.2, -0.15) is 0 Å². The number of aliphatic imine (C=N–C) groups is 2. The first kappa shape index (κ1) is 14.8. The van der Waals surface area contributed by atoms with E-state index in [1.165, 1.54) is 0 Å². The molecule has 0 aliphatic rings. The molecular formula is C16H14Cl2N2. The van der Waals surface area contributed by atoms with Gasteiger partial charge in [-0.3, -0.25) is 9.98 Å². The van der Waals surface area contributed by atoms with Crippen LogP contribution in [0.4, 0.5) is 0 Å². The Morgan fingerprint density at radius 1 is 0.750 bits per heavy atom. The number of rotatable bonds is 5. The summed E-state index contributed by atoms with van der Waals surface area (Å²) in [4.78, 5) is 8.62. The topological polar surface area (TPSA) is 24.7 Å². The monoisotopic (exact) mass is 304 g/mol. The molecule has 0 aliphatic heterocycles. The van der Waals surface area contributed by atoms with Gasteiger partial charge >= 0.3 is 0 Å². The van der Waals surface area contributed by atoms with Crippen molar-refractivity contribution in [3.8, 4) is 0 Å². The van der Waals surface area contributed by atoms with Crippen molar-refractivity contribution >= 4 is 35.6 Å². The highest BCUT2D eigenvalue weighted by molar-refractivity contribution is 6.31. The molecule has 0 saturated carbocycles. The Bertz CT molecular complexity index is 566. The average molecular weight is 305 g/mol. The van der Waals surface area contributed by atoms with Crippen molar-refractivity contribution in [2.75, 3.05) is 13.1 Å². The predicted octanol–water partition coefficient (Wildman–Crippen LogP) is 4.53. The van der Waals surface area contributed by atoms with Crippen molar-refractivity contribution in [2.45, 2.75) is 0 Å². The lowest BCUT2D eigenvalue weighted by Gasteiger charge is -1.95. The van der Waals surface area contributed by atoms with E-state index < -0.39 is 0 Å². The molecule has 102 valence electrons. The van der Waals surface area contributed by atoms with Crippen LogP contribution in [0.2, 0.25) is 10.0 Å². The van der Waals surface area contributed by atoms with Gasteiger partial charge in [-0.1, -0.05) is 47.5 Å². The number of halogens is 2. The Kier molecular flexibility index (Phi) is 5.78. The zero-order valence-corrected chi connectivity index (χ0v) is 12.3. The van der Waals surface area contributed by atoms with Crippen LogP contribution in [-0.4, -0.2) is 25.5 Å². The maximum atomic E-state index is 5.89. The molecule has 2 rings (SSSR count). The summed E-state index contributed by atoms with van der Waals surface area (Å²) in [5.74, 6) is 0. The van der Waals surface area contributed by atoms with Gasteiger partial charge in [0.25, 0.3) is 0 Å². The van der Waals surface area contributed by atoms with E-state index in [0.29, 0.717) is 23.1 Å². The Morgan fingerprint density at radius 2 is 1.20 bits per heavy atom. The van der Waals surface area contributed by atoms with Gasteiger partial charge in [0.15, 0.2) is 0 Å². The molecule has 0 aliphatic carbocycles. The van der Waals surface area contributed by atoms with Crippen molar-refractivity contribution in [2.24, 2.45) is 9.98 Å². The van der Waals surface area contributed by atoms with E-state index in [1.54, 1.807) is 12.4 Å². The Labute approximate surface area is 128 Å². The van der Waals surface area contributed by atoms with E-state index >= 15 is 0 Å². The van der Waals surface area contributed by atoms with Crippen LogP contribution in [0.15, 0.2) is 58.5 Å². The van der Waals surface area contributed by atoms with Crippen LogP contribution >= 0.6 is 23.2 Å². The summed E-state index contributed by atoms with van der Waals surface area (Å²) in [6.07, 6.45) is 3.61. The number of nitrogens with zero attached hydrogens (tertiary/aromatic N) is 2. The second-order valence-corrected chi connectivity index (χ2v) is 5.05. The fraction of sp³-hybridized carbons (Fsp3) is 0.125. The van der Waals surface area contributed by atoms with Crippen LogP contribution in [0.3, 0.4) is 0 Å². The molecule has 20 heavy (non-hydrogen) atoms. The highest BCUT2D eigenvalue weighted by Gasteiger charge is 1.90. The van der Waals surface area contributed by atoms with E-state index in [-0.39, 0.29) is 0 Å². The molecule has 0 saturated heterocycles. The van der Waals surface area contributed by atoms with Gasteiger partial charge in [0, 0.05) is 22.5 Å². The summed E-state index contributed by atoms with van der Waals surface area (Å²) >= 11 is 11.8. The Hall–Kier alpha value is -1.64. The molecule has 0 amide bonds. The molecule has 2 aromatic carbocycles. The molecule has 0 aromatic heterocycles. The Morgan fingerprint density at radius 3 is 1.60 bits per heavy atom. The second-order valence-electron chi connectivity index (χ2n) is 4.18. The zero-order valence-electron chi connectivity index (χ0n) is 10.8. The molecule has 0 fully saturated rings. The van der Waals surface area contributed by atoms with Crippen molar-refractivity contribution in [1.29, 1.82) is 0 Å². The molecular weight excluding hydrogens is 291 g/mol. The van der Waals surface area contributed by atoms with Crippen LogP contribution in [0.25, 0.3) is 0 Å². The fourth-order valence-electron chi connectivity index (χ4n) is 1.63. The normalized spacial score (nSPS) is 11.5. The highest BCUT2D eigenvalue weighted by Crippen LogP contribution is 2.09. The van der Waals surface area contributed by atoms with Crippen molar-refractivity contribution in [3.05, 3.63) is 69.7 Å². The van der Waals surface area contributed by atoms with Gasteiger partial charge in [-0.25, -0.2) is 0 Å². The quantitative estimate of drug-likeness (QED) is 0.573. The molecule has 0 radical (unpaired) electrons. The SMILES string of the molecule is Clc1cccc(C=NCCN=Cc2cccc(Cl)c2)c1. The Balaban J connectivity index is 1.79. The third kappa shape index (κ3) is 5.16. The first-order valence-electron chi connectivity index (χ1n) is 6.25. The molecule has 2 nitrogen and oxygen atoms in total. The van der Waals surface area contributed by atoms with Crippen LogP contribution in [0.1, 0.15) is 11.1 Å². The number of benzene rings is 2. The molecule has 0 N–H and O–H groups in total. The van der Waals surface area contributed by atoms with Gasteiger partial charge in [-0.05, 0) is 35.4 Å². The van der Waals surface area contributed by atoms with Crippen molar-refractivity contribution in [1.82, 2.24) is 0 Å². The molecule has 0 spiro atoms. The lowest BCUT2D eigenvalue weighted by molar-refractivity contribution is 0.985. The summed E-state index contributed by atoms with van der Waals surface area (Å²) < 4.78 is 0. The summed E-state index contributed by atoms with van der Waals surface area (Å²) in [6.45, 7) is 1.28. The van der Waals surface area contributed by atoms with Gasteiger partial charge in [0.1, 0.15) is 0 Å². The zero-order chi connectivity index (χ0) is 14.2. The number of hydrogen-bond acceptors (Lipinski definition) is 2. The minimum atomic E-state index is 0.642. The van der Waals surface area contributed by atoms with E-state index in [9.17, 15) is 0 Å². The minimum absolute atomic E-state index is 0.642. The smallest absolute Gasteiger partial charge is 0.0585 e. The first-order valence-corrected chi connectivity index (χ1v) is 7.00. The van der Waals surface area contributed by atoms with E-state index in [1.807, 2.05) is 48.5 Å². The van der Waals surface area contributed by atoms with Crippen molar-refractivity contribution < 1.29 is 0 Å². The average Bonchev–Trinajstić information content (AvgIpc) is 2.43. The van der Waals surface area contributed by atoms with Crippen LogP contribution in [0.5, 0.6) is 0 Å². The third-order valence-corrected chi connectivity index (χ3v) is 3.01. The molecule has 0 unspecified atom stereocenters. The van der Waals surface area contributed by atoms with Gasteiger partial charge < -0.3 is 0 Å². The lowest BCUT2D eigenvalue weighted by atomic mass is 10.2. The minimum Gasteiger partial charge on any atom is -0.291 e.